The van der Waals surface area contributed by atoms with Crippen molar-refractivity contribution in [1.82, 2.24) is 6.15 Å². The zero-order chi connectivity index (χ0) is 8.62. The lowest BCUT2D eigenvalue weighted by Crippen LogP contribution is -2.49. The van der Waals surface area contributed by atoms with Crippen molar-refractivity contribution < 1.29 is 23.3 Å². The number of hydrogen-bond donors (Lipinski definition) is 2. The van der Waals surface area contributed by atoms with Crippen molar-refractivity contribution in [3.63, 3.8) is 0 Å². The van der Waals surface area contributed by atoms with Gasteiger partial charge in [-0.25, -0.2) is 0 Å². The fourth-order valence-electron chi connectivity index (χ4n) is 0.250. The molecule has 0 spiro atoms. The smallest absolute Gasteiger partial charge is 0.0739 e. The number of rotatable bonds is 2. The van der Waals surface area contributed by atoms with Crippen LogP contribution >= 0.6 is 0 Å². The molecule has 6 nitrogen and oxygen atoms in total. The first-order valence-corrected chi connectivity index (χ1v) is 4.21. The molecule has 0 atom stereocenters. The highest BCUT2D eigenvalue weighted by Gasteiger charge is 1.71. The van der Waals surface area contributed by atoms with Gasteiger partial charge in [-0.2, -0.15) is 0 Å². The van der Waals surface area contributed by atoms with Gasteiger partial charge in [0.25, 0.3) is 0 Å². The molecule has 0 aliphatic rings. The summed E-state index contributed by atoms with van der Waals surface area (Å²) in [6, 6.07) is 0. The molecule has 0 heterocycles. The molecule has 11 heavy (non-hydrogen) atoms. The maximum atomic E-state index is 8.52. The lowest BCUT2D eigenvalue weighted by molar-refractivity contribution is -0.368. The van der Waals surface area contributed by atoms with Gasteiger partial charge in [0.05, 0.1) is 6.54 Å². The Morgan fingerprint density at radius 1 is 1.36 bits per heavy atom. The molecule has 0 unspecified atom stereocenters. The van der Waals surface area contributed by atoms with Crippen molar-refractivity contribution in [2.75, 3.05) is 6.54 Å². The lowest BCUT2D eigenvalue weighted by Gasteiger charge is -2.06. The Morgan fingerprint density at radius 2 is 1.64 bits per heavy atom. The van der Waals surface area contributed by atoms with Crippen molar-refractivity contribution in [3.8, 4) is 0 Å². The van der Waals surface area contributed by atoms with Crippen LogP contribution in [0.5, 0.6) is 0 Å². The fourth-order valence-corrected chi connectivity index (χ4v) is 0.250. The second-order valence-electron chi connectivity index (χ2n) is 1.62. The predicted molar refractivity (Wildman–Crippen MR) is 39.1 cm³/mol. The van der Waals surface area contributed by atoms with Crippen LogP contribution in [0.1, 0.15) is 19.8 Å². The number of hydrogen-bond acceptors (Lipinski definition) is 4. The van der Waals surface area contributed by atoms with Crippen LogP contribution in [0.3, 0.4) is 0 Å². The minimum Gasteiger partial charge on any atom is -0.759 e. The van der Waals surface area contributed by atoms with E-state index < -0.39 is 10.4 Å². The monoisotopic (exact) mass is 188 g/mol. The maximum absolute atomic E-state index is 8.52. The summed E-state index contributed by atoms with van der Waals surface area (Å²) in [4.78, 5) is 0. The van der Waals surface area contributed by atoms with Crippen LogP contribution in [0, 0.1) is 0 Å². The van der Waals surface area contributed by atoms with E-state index in [1.54, 1.807) is 0 Å². The minimum atomic E-state index is -5.17. The molecule has 0 bridgehead atoms. The third kappa shape index (κ3) is 185. The molecule has 0 amide bonds. The van der Waals surface area contributed by atoms with E-state index in [1.807, 2.05) is 0 Å². The Bertz CT molecular complexity index is 134. The molecule has 0 aliphatic carbocycles. The molecule has 0 aromatic carbocycles. The van der Waals surface area contributed by atoms with E-state index >= 15 is 0 Å². The van der Waals surface area contributed by atoms with Gasteiger partial charge in [0.1, 0.15) is 0 Å². The van der Waals surface area contributed by atoms with E-state index in [4.69, 9.17) is 17.5 Å². The van der Waals surface area contributed by atoms with Crippen molar-refractivity contribution >= 4 is 10.4 Å². The first-order chi connectivity index (χ1) is 4.41. The Hall–Kier alpha value is -0.210. The molecule has 7 N–H and O–H groups in total. The van der Waals surface area contributed by atoms with Crippen molar-refractivity contribution in [2.45, 2.75) is 19.8 Å². The summed E-state index contributed by atoms with van der Waals surface area (Å²) in [5.74, 6) is 0. The van der Waals surface area contributed by atoms with E-state index in [0.717, 1.165) is 6.54 Å². The standard InChI is InChI=1S/C4H11N.H3N.H2O4S/c1-2-3-4-5;;1-5(2,3)4/h2-5H2,1H3;1H3;(H2,1,2,3,4). The van der Waals surface area contributed by atoms with Crippen molar-refractivity contribution in [3.05, 3.63) is 0 Å². The van der Waals surface area contributed by atoms with E-state index in [-0.39, 0.29) is 6.15 Å². The minimum absolute atomic E-state index is 0. The van der Waals surface area contributed by atoms with Crippen LogP contribution < -0.4 is 11.9 Å². The summed E-state index contributed by atoms with van der Waals surface area (Å²) in [5.41, 5.74) is 3.68. The van der Waals surface area contributed by atoms with Crippen LogP contribution in [-0.2, 0) is 10.4 Å². The Kier molecular flexibility index (Phi) is 15.2. The van der Waals surface area contributed by atoms with Gasteiger partial charge in [0, 0.05) is 10.4 Å². The first kappa shape index (κ1) is 17.0. The molecule has 0 aromatic heterocycles. The van der Waals surface area contributed by atoms with Crippen LogP contribution in [0.25, 0.3) is 0 Å². The summed E-state index contributed by atoms with van der Waals surface area (Å²) in [7, 11) is -5.17. The summed E-state index contributed by atoms with van der Waals surface area (Å²) < 4.78 is 34.1. The van der Waals surface area contributed by atoms with Crippen molar-refractivity contribution in [2.24, 2.45) is 0 Å². The highest BCUT2D eigenvalue weighted by Crippen LogP contribution is 1.75. The Morgan fingerprint density at radius 3 is 1.64 bits per heavy atom. The van der Waals surface area contributed by atoms with Gasteiger partial charge >= 0.3 is 0 Å². The van der Waals surface area contributed by atoms with Gasteiger partial charge in [-0.3, -0.25) is 8.42 Å². The third-order valence-corrected chi connectivity index (χ3v) is 0.604. The zero-order valence-electron chi connectivity index (χ0n) is 6.87. The topological polar surface area (TPSA) is 144 Å². The van der Waals surface area contributed by atoms with Gasteiger partial charge in [-0.15, -0.1) is 0 Å². The van der Waals surface area contributed by atoms with E-state index in [0.29, 0.717) is 0 Å². The van der Waals surface area contributed by atoms with Gasteiger partial charge < -0.3 is 21.0 Å². The van der Waals surface area contributed by atoms with Gasteiger partial charge in [0.15, 0.2) is 0 Å². The molecule has 0 saturated carbocycles. The number of unbranched alkanes of at least 4 members (excludes halogenated alkanes) is 1. The van der Waals surface area contributed by atoms with E-state index in [2.05, 4.69) is 12.7 Å². The fraction of sp³-hybridized carbons (Fsp3) is 1.00. The molecule has 0 rings (SSSR count). The Balaban J connectivity index is -0.000000107. The molecule has 0 aliphatic heterocycles. The largest absolute Gasteiger partial charge is 0.759 e. The molecule has 72 valence electrons. The molecular weight excluding hydrogens is 172 g/mol. The number of quaternary nitrogens is 2. The summed E-state index contributed by atoms with van der Waals surface area (Å²) in [5, 5.41) is 0. The zero-order valence-corrected chi connectivity index (χ0v) is 7.69. The first-order valence-electron chi connectivity index (χ1n) is 2.87. The van der Waals surface area contributed by atoms with E-state index in [1.165, 1.54) is 12.8 Å². The summed E-state index contributed by atoms with van der Waals surface area (Å²) >= 11 is 0. The highest BCUT2D eigenvalue weighted by atomic mass is 32.3. The summed E-state index contributed by atoms with van der Waals surface area (Å²) in [6.45, 7) is 3.27. The molecule has 7 heteroatoms. The molecule has 0 saturated heterocycles. The van der Waals surface area contributed by atoms with Gasteiger partial charge in [0.2, 0.25) is 0 Å². The lowest BCUT2D eigenvalue weighted by atomic mass is 10.3. The molecular formula is C4H16N2O4S. The molecule has 0 aromatic rings. The van der Waals surface area contributed by atoms with Crippen LogP contribution in [0.4, 0.5) is 0 Å². The maximum Gasteiger partial charge on any atom is 0.0739 e. The predicted octanol–water partition coefficient (Wildman–Crippen LogP) is -0.933. The second kappa shape index (κ2) is 9.79. The van der Waals surface area contributed by atoms with E-state index in [9.17, 15) is 0 Å². The highest BCUT2D eigenvalue weighted by molar-refractivity contribution is 7.79. The summed E-state index contributed by atoms with van der Waals surface area (Å²) in [6.07, 6.45) is 2.56. The Labute approximate surface area is 66.9 Å². The van der Waals surface area contributed by atoms with Gasteiger partial charge in [-0.05, 0) is 6.42 Å². The van der Waals surface area contributed by atoms with Gasteiger partial charge in [-0.1, -0.05) is 13.3 Å². The quantitative estimate of drug-likeness (QED) is 0.425. The molecule has 0 fully saturated rings. The van der Waals surface area contributed by atoms with Crippen LogP contribution in [-0.4, -0.2) is 24.1 Å². The average molecular weight is 188 g/mol. The van der Waals surface area contributed by atoms with Crippen molar-refractivity contribution in [1.29, 1.82) is 0 Å². The normalized spacial score (nSPS) is 9.09. The average Bonchev–Trinajstić information content (AvgIpc) is 1.63. The third-order valence-electron chi connectivity index (χ3n) is 0.604. The second-order valence-corrected chi connectivity index (χ2v) is 2.43. The van der Waals surface area contributed by atoms with Crippen LogP contribution in [0.2, 0.25) is 0 Å². The van der Waals surface area contributed by atoms with Crippen LogP contribution in [0.15, 0.2) is 0 Å². The SMILES string of the molecule is CCCC[NH3+].O=S(=O)([O-])[O-].[NH4+]. The molecule has 0 radical (unpaired) electrons.